The maximum atomic E-state index is 13.2. The molecule has 0 N–H and O–H groups in total. The van der Waals surface area contributed by atoms with Gasteiger partial charge in [-0.2, -0.15) is 0 Å². The van der Waals surface area contributed by atoms with Gasteiger partial charge in [0.25, 0.3) is 15.9 Å². The van der Waals surface area contributed by atoms with Crippen LogP contribution in [0, 0.1) is 0 Å². The molecule has 1 aliphatic heterocycles. The van der Waals surface area contributed by atoms with Crippen LogP contribution in [0.2, 0.25) is 0 Å². The fourth-order valence-corrected chi connectivity index (χ4v) is 5.17. The summed E-state index contributed by atoms with van der Waals surface area (Å²) >= 11 is 0. The highest BCUT2D eigenvalue weighted by atomic mass is 32.2. The van der Waals surface area contributed by atoms with Gasteiger partial charge in [0.1, 0.15) is 0 Å². The number of fused-ring (bicyclic) bond motifs is 1. The molecule has 0 fully saturated rings. The first-order chi connectivity index (χ1) is 14.0. The molecule has 0 aromatic heterocycles. The standard InChI is InChI=1S/C23H22N2O3S/c1-24(17-18-8-3-2-4-9-18)23(26)20-11-7-12-21(16-20)29(27,28)25-15-14-19-10-5-6-13-22(19)25/h2-13,16H,14-15,17H2,1H3. The van der Waals surface area contributed by atoms with E-state index in [-0.39, 0.29) is 10.8 Å². The van der Waals surface area contributed by atoms with Crippen molar-refractivity contribution in [3.05, 3.63) is 95.6 Å². The van der Waals surface area contributed by atoms with Crippen LogP contribution in [0.25, 0.3) is 0 Å². The smallest absolute Gasteiger partial charge is 0.264 e. The van der Waals surface area contributed by atoms with Gasteiger partial charge in [-0.15, -0.1) is 0 Å². The van der Waals surface area contributed by atoms with Crippen LogP contribution < -0.4 is 4.31 Å². The van der Waals surface area contributed by atoms with Gasteiger partial charge in [-0.05, 0) is 41.8 Å². The molecule has 0 saturated heterocycles. The molecule has 4 rings (SSSR count). The molecule has 0 atom stereocenters. The van der Waals surface area contributed by atoms with E-state index < -0.39 is 10.0 Å². The second-order valence-corrected chi connectivity index (χ2v) is 8.99. The molecule has 148 valence electrons. The SMILES string of the molecule is CN(Cc1ccccc1)C(=O)c1cccc(S(=O)(=O)N2CCc3ccccc32)c1. The number of para-hydroxylation sites is 1. The highest BCUT2D eigenvalue weighted by molar-refractivity contribution is 7.92. The third-order valence-electron chi connectivity index (χ3n) is 5.12. The molecule has 0 bridgehead atoms. The van der Waals surface area contributed by atoms with Gasteiger partial charge < -0.3 is 4.90 Å². The Morgan fingerprint density at radius 2 is 1.69 bits per heavy atom. The van der Waals surface area contributed by atoms with E-state index in [1.54, 1.807) is 30.1 Å². The van der Waals surface area contributed by atoms with Gasteiger partial charge in [0.05, 0.1) is 10.6 Å². The van der Waals surface area contributed by atoms with Gasteiger partial charge in [-0.1, -0.05) is 54.6 Å². The summed E-state index contributed by atoms with van der Waals surface area (Å²) in [5, 5.41) is 0. The number of benzene rings is 3. The minimum Gasteiger partial charge on any atom is -0.337 e. The number of anilines is 1. The summed E-state index contributed by atoms with van der Waals surface area (Å²) in [6, 6.07) is 23.5. The maximum absolute atomic E-state index is 13.2. The number of sulfonamides is 1. The Kier molecular flexibility index (Phi) is 5.11. The predicted molar refractivity (Wildman–Crippen MR) is 113 cm³/mol. The Morgan fingerprint density at radius 3 is 2.48 bits per heavy atom. The van der Waals surface area contributed by atoms with Crippen LogP contribution in [0.4, 0.5) is 5.69 Å². The highest BCUT2D eigenvalue weighted by Crippen LogP contribution is 2.32. The van der Waals surface area contributed by atoms with Gasteiger partial charge in [0.2, 0.25) is 0 Å². The van der Waals surface area contributed by atoms with E-state index in [9.17, 15) is 13.2 Å². The molecule has 0 unspecified atom stereocenters. The van der Waals surface area contributed by atoms with Crippen LogP contribution in [0.1, 0.15) is 21.5 Å². The number of amides is 1. The molecule has 0 spiro atoms. The number of carbonyl (C=O) groups is 1. The Morgan fingerprint density at radius 1 is 0.966 bits per heavy atom. The van der Waals surface area contributed by atoms with Crippen LogP contribution in [-0.2, 0) is 23.0 Å². The van der Waals surface area contributed by atoms with Gasteiger partial charge >= 0.3 is 0 Å². The molecule has 0 saturated carbocycles. The number of hydrogen-bond acceptors (Lipinski definition) is 3. The van der Waals surface area contributed by atoms with Crippen molar-refractivity contribution in [1.82, 2.24) is 4.90 Å². The minimum absolute atomic E-state index is 0.133. The average molecular weight is 407 g/mol. The second kappa shape index (κ2) is 7.72. The van der Waals surface area contributed by atoms with Crippen molar-refractivity contribution in [2.24, 2.45) is 0 Å². The topological polar surface area (TPSA) is 57.7 Å². The van der Waals surface area contributed by atoms with Crippen molar-refractivity contribution in [3.8, 4) is 0 Å². The van der Waals surface area contributed by atoms with E-state index in [1.807, 2.05) is 54.6 Å². The van der Waals surface area contributed by atoms with Gasteiger partial charge in [-0.25, -0.2) is 8.42 Å². The molecule has 1 heterocycles. The van der Waals surface area contributed by atoms with Crippen LogP contribution in [0.15, 0.2) is 83.8 Å². The Bertz CT molecular complexity index is 1140. The summed E-state index contributed by atoms with van der Waals surface area (Å²) in [7, 11) is -2.01. The number of nitrogens with zero attached hydrogens (tertiary/aromatic N) is 2. The lowest BCUT2D eigenvalue weighted by atomic mass is 10.1. The van der Waals surface area contributed by atoms with E-state index in [2.05, 4.69) is 0 Å². The number of hydrogen-bond donors (Lipinski definition) is 0. The minimum atomic E-state index is -3.73. The molecule has 0 radical (unpaired) electrons. The molecule has 1 amide bonds. The molecular formula is C23H22N2O3S. The third-order valence-corrected chi connectivity index (χ3v) is 6.93. The van der Waals surface area contributed by atoms with E-state index in [0.29, 0.717) is 30.8 Å². The zero-order valence-corrected chi connectivity index (χ0v) is 17.0. The number of carbonyl (C=O) groups excluding carboxylic acids is 1. The van der Waals surface area contributed by atoms with Crippen molar-refractivity contribution < 1.29 is 13.2 Å². The fourth-order valence-electron chi connectivity index (χ4n) is 3.62. The van der Waals surface area contributed by atoms with Gasteiger partial charge in [0.15, 0.2) is 0 Å². The largest absolute Gasteiger partial charge is 0.337 e. The van der Waals surface area contributed by atoms with Crippen molar-refractivity contribution in [2.75, 3.05) is 17.9 Å². The van der Waals surface area contributed by atoms with E-state index >= 15 is 0 Å². The van der Waals surface area contributed by atoms with Gasteiger partial charge in [-0.3, -0.25) is 9.10 Å². The lowest BCUT2D eigenvalue weighted by Crippen LogP contribution is -2.30. The predicted octanol–water partition coefficient (Wildman–Crippen LogP) is 3.71. The summed E-state index contributed by atoms with van der Waals surface area (Å²) in [4.78, 5) is 14.6. The van der Waals surface area contributed by atoms with E-state index in [0.717, 1.165) is 11.1 Å². The first kappa shape index (κ1) is 19.2. The Labute approximate surface area is 171 Å². The first-order valence-corrected chi connectivity index (χ1v) is 10.9. The number of rotatable bonds is 5. The molecule has 1 aliphatic rings. The summed E-state index contributed by atoms with van der Waals surface area (Å²) in [6.45, 7) is 0.865. The molecule has 6 heteroatoms. The van der Waals surface area contributed by atoms with Gasteiger partial charge in [0, 0.05) is 25.7 Å². The zero-order valence-electron chi connectivity index (χ0n) is 16.2. The summed E-state index contributed by atoms with van der Waals surface area (Å²) in [6.07, 6.45) is 0.688. The van der Waals surface area contributed by atoms with Crippen LogP contribution in [0.3, 0.4) is 0 Å². The molecule has 0 aliphatic carbocycles. The maximum Gasteiger partial charge on any atom is 0.264 e. The van der Waals surface area contributed by atoms with Crippen molar-refractivity contribution in [3.63, 3.8) is 0 Å². The lowest BCUT2D eigenvalue weighted by Gasteiger charge is -2.21. The van der Waals surface area contributed by atoms with Crippen molar-refractivity contribution >= 4 is 21.6 Å². The molecule has 5 nitrogen and oxygen atoms in total. The zero-order chi connectivity index (χ0) is 20.4. The Hall–Kier alpha value is -3.12. The summed E-state index contributed by atoms with van der Waals surface area (Å²) in [5.41, 5.74) is 3.11. The molecule has 3 aromatic carbocycles. The Balaban J connectivity index is 1.59. The fraction of sp³-hybridized carbons (Fsp3) is 0.174. The van der Waals surface area contributed by atoms with E-state index in [1.165, 1.54) is 10.4 Å². The van der Waals surface area contributed by atoms with Crippen LogP contribution in [-0.4, -0.2) is 32.8 Å². The highest BCUT2D eigenvalue weighted by Gasteiger charge is 2.31. The first-order valence-electron chi connectivity index (χ1n) is 9.47. The molecule has 3 aromatic rings. The van der Waals surface area contributed by atoms with Crippen molar-refractivity contribution in [2.45, 2.75) is 17.9 Å². The summed E-state index contributed by atoms with van der Waals surface area (Å²) < 4.78 is 27.9. The lowest BCUT2D eigenvalue weighted by molar-refractivity contribution is 0.0785. The molecular weight excluding hydrogens is 384 g/mol. The second-order valence-electron chi connectivity index (χ2n) is 7.13. The van der Waals surface area contributed by atoms with Crippen LogP contribution >= 0.6 is 0 Å². The average Bonchev–Trinajstić information content (AvgIpc) is 3.19. The van der Waals surface area contributed by atoms with Crippen molar-refractivity contribution in [1.29, 1.82) is 0 Å². The monoisotopic (exact) mass is 406 g/mol. The van der Waals surface area contributed by atoms with E-state index in [4.69, 9.17) is 0 Å². The summed E-state index contributed by atoms with van der Waals surface area (Å²) in [5.74, 6) is -0.215. The molecule has 29 heavy (non-hydrogen) atoms. The van der Waals surface area contributed by atoms with Crippen LogP contribution in [0.5, 0.6) is 0 Å². The third kappa shape index (κ3) is 3.76. The quantitative estimate of drug-likeness (QED) is 0.649. The normalized spacial score (nSPS) is 13.2.